The first-order valence-corrected chi connectivity index (χ1v) is 32.8. The molecule has 12 N–H and O–H groups in total. The van der Waals surface area contributed by atoms with Crippen molar-refractivity contribution in [2.45, 2.75) is 362 Å². The molecule has 1 amide bonds. The lowest BCUT2D eigenvalue weighted by Crippen LogP contribution is -2.66. The largest absolute Gasteiger partial charge is 0.394 e. The molecule has 0 aromatic rings. The number of amides is 1. The van der Waals surface area contributed by atoms with E-state index in [9.17, 15) is 61.0 Å². The van der Waals surface area contributed by atoms with Crippen LogP contribution in [0.25, 0.3) is 0 Å². The van der Waals surface area contributed by atoms with Gasteiger partial charge in [0.25, 0.3) is 0 Å². The topological polar surface area (TPSA) is 307 Å². The third-order valence-corrected chi connectivity index (χ3v) is 16.9. The summed E-state index contributed by atoms with van der Waals surface area (Å²) < 4.78 is 34.4. The van der Waals surface area contributed by atoms with Crippen LogP contribution in [0.4, 0.5) is 0 Å². The van der Waals surface area contributed by atoms with Gasteiger partial charge in [0.15, 0.2) is 18.9 Å². The van der Waals surface area contributed by atoms with Gasteiger partial charge in [-0.2, -0.15) is 0 Å². The Morgan fingerprint density at radius 3 is 1.07 bits per heavy atom. The van der Waals surface area contributed by atoms with Crippen LogP contribution in [0.3, 0.4) is 0 Å². The number of aliphatic hydroxyl groups excluding tert-OH is 11. The predicted octanol–water partition coefficient (Wildman–Crippen LogP) is 7.16. The van der Waals surface area contributed by atoms with Gasteiger partial charge in [-0.3, -0.25) is 4.79 Å². The number of rotatable bonds is 50. The minimum Gasteiger partial charge on any atom is -0.394 e. The Hall–Kier alpha value is -1.21. The Morgan fingerprint density at radius 1 is 0.395 bits per heavy atom. The molecule has 3 heterocycles. The molecule has 17 unspecified atom stereocenters. The number of hydrogen-bond donors (Lipinski definition) is 12. The highest BCUT2D eigenvalue weighted by Crippen LogP contribution is 2.33. The summed E-state index contributed by atoms with van der Waals surface area (Å²) in [5.74, 6) is -0.238. The van der Waals surface area contributed by atoms with Gasteiger partial charge < -0.3 is 89.9 Å². The SMILES string of the molecule is CCCCCCCCCCCCCCCCCCCCCCCC(O)C(COC1OC(CO)C(OC2OC(CO)C(OC3OC(CO)C(O)C(O)C3O)C(O)C2O)C(O)C1O)NC(=O)CCCCCCCCCCCCCCCCC. The molecule has 3 rings (SSSR count). The predicted molar refractivity (Wildman–Crippen MR) is 310 cm³/mol. The van der Waals surface area contributed by atoms with Crippen LogP contribution in [0.1, 0.15) is 258 Å². The van der Waals surface area contributed by atoms with Crippen LogP contribution in [-0.4, -0.2) is 193 Å². The van der Waals surface area contributed by atoms with E-state index in [0.29, 0.717) is 12.8 Å². The number of hydrogen-bond acceptors (Lipinski definition) is 18. The molecule has 0 aliphatic carbocycles. The molecule has 3 aliphatic rings. The zero-order valence-corrected chi connectivity index (χ0v) is 50.3. The van der Waals surface area contributed by atoms with Gasteiger partial charge in [0, 0.05) is 6.42 Å². The maximum Gasteiger partial charge on any atom is 0.220 e. The molecule has 0 spiro atoms. The van der Waals surface area contributed by atoms with Crippen molar-refractivity contribution in [1.82, 2.24) is 5.32 Å². The second kappa shape index (κ2) is 46.0. The van der Waals surface area contributed by atoms with Crippen molar-refractivity contribution in [1.29, 1.82) is 0 Å². The van der Waals surface area contributed by atoms with E-state index >= 15 is 0 Å². The normalized spacial score (nSPS) is 29.7. The van der Waals surface area contributed by atoms with Crippen LogP contribution < -0.4 is 5.32 Å². The van der Waals surface area contributed by atoms with Gasteiger partial charge in [-0.05, 0) is 12.8 Å². The Labute approximate surface area is 487 Å². The lowest BCUT2D eigenvalue weighted by atomic mass is 9.96. The highest BCUT2D eigenvalue weighted by atomic mass is 16.8. The van der Waals surface area contributed by atoms with Gasteiger partial charge in [-0.15, -0.1) is 0 Å². The third-order valence-electron chi connectivity index (χ3n) is 16.9. The number of carbonyl (C=O) groups excluding carboxylic acids is 1. The van der Waals surface area contributed by atoms with Crippen LogP contribution in [-0.2, 0) is 33.2 Å². The van der Waals surface area contributed by atoms with Crippen molar-refractivity contribution in [3.05, 3.63) is 0 Å². The monoisotopic (exact) mass is 1170 g/mol. The molecular weight excluding hydrogens is 1050 g/mol. The molecule has 81 heavy (non-hydrogen) atoms. The zero-order chi connectivity index (χ0) is 59.0. The van der Waals surface area contributed by atoms with E-state index in [4.69, 9.17) is 28.4 Å². The van der Waals surface area contributed by atoms with Crippen LogP contribution >= 0.6 is 0 Å². The average molecular weight is 1170 g/mol. The summed E-state index contributed by atoms with van der Waals surface area (Å²) in [5, 5.41) is 120. The summed E-state index contributed by atoms with van der Waals surface area (Å²) in [6.07, 6.45) is 18.9. The summed E-state index contributed by atoms with van der Waals surface area (Å²) >= 11 is 0. The molecule has 17 atom stereocenters. The van der Waals surface area contributed by atoms with Crippen LogP contribution in [0.5, 0.6) is 0 Å². The summed E-state index contributed by atoms with van der Waals surface area (Å²) in [7, 11) is 0. The number of nitrogens with one attached hydrogen (secondary N) is 1. The molecule has 480 valence electrons. The highest BCUT2D eigenvalue weighted by Gasteiger charge is 2.53. The first kappa shape index (κ1) is 74.0. The van der Waals surface area contributed by atoms with Gasteiger partial charge in [-0.1, -0.05) is 239 Å². The van der Waals surface area contributed by atoms with Crippen molar-refractivity contribution in [3.63, 3.8) is 0 Å². The molecule has 3 aliphatic heterocycles. The van der Waals surface area contributed by atoms with Crippen molar-refractivity contribution >= 4 is 5.91 Å². The summed E-state index contributed by atoms with van der Waals surface area (Å²) in [6, 6.07) is -0.880. The third kappa shape index (κ3) is 29.4. The van der Waals surface area contributed by atoms with E-state index in [1.54, 1.807) is 0 Å². The van der Waals surface area contributed by atoms with Gasteiger partial charge >= 0.3 is 0 Å². The van der Waals surface area contributed by atoms with Gasteiger partial charge in [-0.25, -0.2) is 0 Å². The summed E-state index contributed by atoms with van der Waals surface area (Å²) in [4.78, 5) is 13.4. The van der Waals surface area contributed by atoms with Crippen molar-refractivity contribution in [2.75, 3.05) is 26.4 Å². The molecule has 0 bridgehead atoms. The molecule has 0 radical (unpaired) electrons. The van der Waals surface area contributed by atoms with Gasteiger partial charge in [0.05, 0.1) is 38.6 Å². The first-order valence-electron chi connectivity index (χ1n) is 32.8. The maximum atomic E-state index is 13.4. The Morgan fingerprint density at radius 2 is 0.704 bits per heavy atom. The Bertz CT molecular complexity index is 1490. The maximum absolute atomic E-state index is 13.4. The second-order valence-corrected chi connectivity index (χ2v) is 23.9. The zero-order valence-electron chi connectivity index (χ0n) is 50.3. The first-order chi connectivity index (χ1) is 39.3. The van der Waals surface area contributed by atoms with E-state index in [1.165, 1.54) is 180 Å². The summed E-state index contributed by atoms with van der Waals surface area (Å²) in [5.41, 5.74) is 0. The van der Waals surface area contributed by atoms with Gasteiger partial charge in [0.1, 0.15) is 73.2 Å². The Kier molecular flexibility index (Phi) is 42.1. The molecular formula is C62H119NO18. The minimum absolute atomic E-state index is 0.238. The molecule has 19 heteroatoms. The number of ether oxygens (including phenoxy) is 6. The van der Waals surface area contributed by atoms with E-state index in [0.717, 1.165) is 44.9 Å². The average Bonchev–Trinajstić information content (AvgIpc) is 3.51. The van der Waals surface area contributed by atoms with Crippen LogP contribution in [0, 0.1) is 0 Å². The number of aliphatic hydroxyl groups is 11. The lowest BCUT2D eigenvalue weighted by molar-refractivity contribution is -0.379. The van der Waals surface area contributed by atoms with Crippen LogP contribution in [0.15, 0.2) is 0 Å². The molecule has 0 aromatic heterocycles. The quantitative estimate of drug-likeness (QED) is 0.0269. The lowest BCUT2D eigenvalue weighted by Gasteiger charge is -2.48. The standard InChI is InChI=1S/C62H119NO18/c1-3-5-7-9-11-13-15-17-19-20-21-22-23-24-26-27-29-31-33-35-37-39-46(67)45(63-50(68)40-38-36-34-32-30-28-25-18-16-14-12-10-8-6-4-2)44-76-60-56(74)53(71)58(48(42-65)78-60)81-62-57(75)54(72)59(49(43-66)79-62)80-61-55(73)52(70)51(69)47(41-64)77-61/h45-49,51-62,64-67,69-75H,3-44H2,1-2H3,(H,63,68). The summed E-state index contributed by atoms with van der Waals surface area (Å²) in [6.45, 7) is 1.83. The van der Waals surface area contributed by atoms with E-state index in [-0.39, 0.29) is 18.9 Å². The molecule has 3 saturated heterocycles. The minimum atomic E-state index is -1.97. The second-order valence-electron chi connectivity index (χ2n) is 23.9. The van der Waals surface area contributed by atoms with E-state index in [1.807, 2.05) is 0 Å². The highest BCUT2D eigenvalue weighted by molar-refractivity contribution is 5.76. The smallest absolute Gasteiger partial charge is 0.220 e. The molecule has 0 aromatic carbocycles. The fraction of sp³-hybridized carbons (Fsp3) is 0.984. The Balaban J connectivity index is 1.46. The molecule has 3 fully saturated rings. The van der Waals surface area contributed by atoms with Crippen LogP contribution in [0.2, 0.25) is 0 Å². The van der Waals surface area contributed by atoms with Crippen molar-refractivity contribution < 1.29 is 89.4 Å². The van der Waals surface area contributed by atoms with Crippen molar-refractivity contribution in [3.8, 4) is 0 Å². The number of unbranched alkanes of at least 4 members (excludes halogenated alkanes) is 34. The molecule has 19 nitrogen and oxygen atoms in total. The number of carbonyl (C=O) groups is 1. The van der Waals surface area contributed by atoms with Crippen molar-refractivity contribution in [2.24, 2.45) is 0 Å². The van der Waals surface area contributed by atoms with E-state index < -0.39 is 124 Å². The van der Waals surface area contributed by atoms with Gasteiger partial charge in [0.2, 0.25) is 5.91 Å². The fourth-order valence-electron chi connectivity index (χ4n) is 11.6. The van der Waals surface area contributed by atoms with E-state index in [2.05, 4.69) is 19.2 Å². The molecule has 0 saturated carbocycles. The fourth-order valence-corrected chi connectivity index (χ4v) is 11.6.